The van der Waals surface area contributed by atoms with Crippen LogP contribution in [0.1, 0.15) is 16.8 Å². The van der Waals surface area contributed by atoms with Crippen molar-refractivity contribution in [2.75, 3.05) is 6.54 Å². The number of nitrogens with one attached hydrogen (secondary N) is 2. The number of oxazole rings is 1. The zero-order valence-corrected chi connectivity index (χ0v) is 12.1. The first-order valence-corrected chi connectivity index (χ1v) is 7.16. The van der Waals surface area contributed by atoms with Gasteiger partial charge in [0, 0.05) is 43.5 Å². The quantitative estimate of drug-likeness (QED) is 0.718. The number of nitrogens with zero attached hydrogens (tertiary/aromatic N) is 1. The van der Waals surface area contributed by atoms with Crippen LogP contribution in [-0.2, 0) is 20.0 Å². The van der Waals surface area contributed by atoms with E-state index in [1.807, 2.05) is 18.2 Å². The molecule has 0 unspecified atom stereocenters. The Morgan fingerprint density at radius 3 is 3.00 bits per heavy atom. The SMILES string of the molecule is Cc1c(-c2ccc3c(c2)oc(=O)n3C)[nH]c2c1CNCC2. The summed E-state index contributed by atoms with van der Waals surface area (Å²) in [6.45, 7) is 4.07. The topological polar surface area (TPSA) is 63.0 Å². The van der Waals surface area contributed by atoms with Gasteiger partial charge >= 0.3 is 5.76 Å². The van der Waals surface area contributed by atoms with Gasteiger partial charge in [0.25, 0.3) is 0 Å². The lowest BCUT2D eigenvalue weighted by molar-refractivity contribution is 0.528. The maximum Gasteiger partial charge on any atom is 0.419 e. The Morgan fingerprint density at radius 1 is 1.33 bits per heavy atom. The summed E-state index contributed by atoms with van der Waals surface area (Å²) in [6, 6.07) is 5.91. The van der Waals surface area contributed by atoms with Gasteiger partial charge in [-0.2, -0.15) is 0 Å². The normalized spacial score (nSPS) is 14.6. The van der Waals surface area contributed by atoms with Gasteiger partial charge in [-0.15, -0.1) is 0 Å². The molecule has 0 saturated heterocycles. The molecule has 108 valence electrons. The van der Waals surface area contributed by atoms with E-state index in [1.165, 1.54) is 21.4 Å². The van der Waals surface area contributed by atoms with Crippen LogP contribution in [0.2, 0.25) is 0 Å². The summed E-state index contributed by atoms with van der Waals surface area (Å²) in [5.41, 5.74) is 7.59. The summed E-state index contributed by atoms with van der Waals surface area (Å²) in [5.74, 6) is -0.325. The van der Waals surface area contributed by atoms with Crippen molar-refractivity contribution in [3.63, 3.8) is 0 Å². The second-order valence-corrected chi connectivity index (χ2v) is 5.62. The van der Waals surface area contributed by atoms with Crippen LogP contribution >= 0.6 is 0 Å². The number of aromatic nitrogens is 2. The Balaban J connectivity index is 1.90. The maximum absolute atomic E-state index is 11.6. The molecular formula is C16H17N3O2. The van der Waals surface area contributed by atoms with Crippen LogP contribution in [0.5, 0.6) is 0 Å². The summed E-state index contributed by atoms with van der Waals surface area (Å²) in [6.07, 6.45) is 1.03. The summed E-state index contributed by atoms with van der Waals surface area (Å²) >= 11 is 0. The van der Waals surface area contributed by atoms with E-state index in [0.717, 1.165) is 36.3 Å². The highest BCUT2D eigenvalue weighted by Crippen LogP contribution is 2.30. The minimum Gasteiger partial charge on any atom is -0.408 e. The van der Waals surface area contributed by atoms with Crippen LogP contribution in [0, 0.1) is 6.92 Å². The Morgan fingerprint density at radius 2 is 2.19 bits per heavy atom. The molecule has 0 fully saturated rings. The molecule has 21 heavy (non-hydrogen) atoms. The van der Waals surface area contributed by atoms with Crippen molar-refractivity contribution in [1.29, 1.82) is 0 Å². The van der Waals surface area contributed by atoms with Gasteiger partial charge in [0.2, 0.25) is 0 Å². The molecule has 4 rings (SSSR count). The highest BCUT2D eigenvalue weighted by molar-refractivity contribution is 5.80. The molecular weight excluding hydrogens is 266 g/mol. The van der Waals surface area contributed by atoms with Gasteiger partial charge in [0.15, 0.2) is 5.58 Å². The van der Waals surface area contributed by atoms with Crippen LogP contribution in [0.15, 0.2) is 27.4 Å². The average molecular weight is 283 g/mol. The van der Waals surface area contributed by atoms with Crippen LogP contribution < -0.4 is 11.1 Å². The number of aryl methyl sites for hydroxylation is 1. The van der Waals surface area contributed by atoms with E-state index in [4.69, 9.17) is 4.42 Å². The molecule has 5 heteroatoms. The van der Waals surface area contributed by atoms with Crippen molar-refractivity contribution in [2.24, 2.45) is 7.05 Å². The smallest absolute Gasteiger partial charge is 0.408 e. The van der Waals surface area contributed by atoms with Crippen molar-refractivity contribution in [2.45, 2.75) is 19.9 Å². The molecule has 3 aromatic rings. The lowest BCUT2D eigenvalue weighted by atomic mass is 10.0. The Kier molecular flexibility index (Phi) is 2.59. The lowest BCUT2D eigenvalue weighted by Gasteiger charge is -2.12. The Labute approximate surface area is 121 Å². The molecule has 0 bridgehead atoms. The Bertz CT molecular complexity index is 898. The molecule has 0 atom stereocenters. The van der Waals surface area contributed by atoms with E-state index in [1.54, 1.807) is 7.05 Å². The molecule has 0 amide bonds. The van der Waals surface area contributed by atoms with Crippen molar-refractivity contribution in [3.8, 4) is 11.3 Å². The third kappa shape index (κ3) is 1.77. The van der Waals surface area contributed by atoms with Gasteiger partial charge < -0.3 is 14.7 Å². The van der Waals surface area contributed by atoms with Gasteiger partial charge in [-0.1, -0.05) is 6.07 Å². The molecule has 1 aromatic carbocycles. The number of H-pyrrole nitrogens is 1. The van der Waals surface area contributed by atoms with Crippen molar-refractivity contribution in [1.82, 2.24) is 14.9 Å². The predicted molar refractivity (Wildman–Crippen MR) is 81.4 cm³/mol. The molecule has 1 aliphatic heterocycles. The van der Waals surface area contributed by atoms with E-state index >= 15 is 0 Å². The van der Waals surface area contributed by atoms with E-state index in [2.05, 4.69) is 17.2 Å². The monoisotopic (exact) mass is 283 g/mol. The zero-order valence-electron chi connectivity index (χ0n) is 12.1. The van der Waals surface area contributed by atoms with Gasteiger partial charge in [-0.05, 0) is 30.2 Å². The molecule has 0 aliphatic carbocycles. The van der Waals surface area contributed by atoms with Crippen LogP contribution in [0.3, 0.4) is 0 Å². The Hall–Kier alpha value is -2.27. The van der Waals surface area contributed by atoms with E-state index in [9.17, 15) is 4.79 Å². The minimum absolute atomic E-state index is 0.325. The molecule has 1 aliphatic rings. The number of hydrogen-bond donors (Lipinski definition) is 2. The fourth-order valence-corrected chi connectivity index (χ4v) is 3.15. The third-order valence-electron chi connectivity index (χ3n) is 4.40. The van der Waals surface area contributed by atoms with E-state index in [-0.39, 0.29) is 5.76 Å². The van der Waals surface area contributed by atoms with Crippen LogP contribution in [0.25, 0.3) is 22.4 Å². The van der Waals surface area contributed by atoms with E-state index in [0.29, 0.717) is 5.58 Å². The second-order valence-electron chi connectivity index (χ2n) is 5.62. The predicted octanol–water partition coefficient (Wildman–Crippen LogP) is 2.08. The largest absolute Gasteiger partial charge is 0.419 e. The second kappa shape index (κ2) is 4.36. The first-order valence-electron chi connectivity index (χ1n) is 7.16. The first-order chi connectivity index (χ1) is 10.1. The van der Waals surface area contributed by atoms with Gasteiger partial charge in [0.05, 0.1) is 5.52 Å². The molecule has 0 radical (unpaired) electrons. The fourth-order valence-electron chi connectivity index (χ4n) is 3.15. The van der Waals surface area contributed by atoms with E-state index < -0.39 is 0 Å². The highest BCUT2D eigenvalue weighted by atomic mass is 16.4. The van der Waals surface area contributed by atoms with Crippen molar-refractivity contribution < 1.29 is 4.42 Å². The number of aromatic amines is 1. The van der Waals surface area contributed by atoms with Gasteiger partial charge in [0.1, 0.15) is 0 Å². The summed E-state index contributed by atoms with van der Waals surface area (Å²) in [7, 11) is 1.72. The molecule has 0 saturated carbocycles. The lowest BCUT2D eigenvalue weighted by Crippen LogP contribution is -2.23. The highest BCUT2D eigenvalue weighted by Gasteiger charge is 2.18. The molecule has 2 aromatic heterocycles. The van der Waals surface area contributed by atoms with Crippen LogP contribution in [-0.4, -0.2) is 16.1 Å². The van der Waals surface area contributed by atoms with Crippen LogP contribution in [0.4, 0.5) is 0 Å². The number of fused-ring (bicyclic) bond motifs is 2. The zero-order chi connectivity index (χ0) is 14.6. The molecule has 3 heterocycles. The average Bonchev–Trinajstić information content (AvgIpc) is 2.98. The summed E-state index contributed by atoms with van der Waals surface area (Å²) in [5, 5.41) is 3.40. The van der Waals surface area contributed by atoms with Gasteiger partial charge in [-0.3, -0.25) is 4.57 Å². The van der Waals surface area contributed by atoms with Crippen molar-refractivity contribution in [3.05, 3.63) is 45.6 Å². The maximum atomic E-state index is 11.6. The minimum atomic E-state index is -0.325. The molecule has 0 spiro atoms. The number of hydrogen-bond acceptors (Lipinski definition) is 3. The number of rotatable bonds is 1. The molecule has 5 nitrogen and oxygen atoms in total. The third-order valence-corrected chi connectivity index (χ3v) is 4.40. The molecule has 2 N–H and O–H groups in total. The summed E-state index contributed by atoms with van der Waals surface area (Å²) < 4.78 is 6.81. The van der Waals surface area contributed by atoms with Crippen molar-refractivity contribution >= 4 is 11.1 Å². The standard InChI is InChI=1S/C16H17N3O2/c1-9-11-8-17-6-5-12(11)18-15(9)10-3-4-13-14(7-10)21-16(20)19(13)2/h3-4,7,17-18H,5-6,8H2,1-2H3. The fraction of sp³-hybridized carbons (Fsp3) is 0.312. The summed E-state index contributed by atoms with van der Waals surface area (Å²) in [4.78, 5) is 15.1. The first kappa shape index (κ1) is 12.5. The number of benzene rings is 1. The van der Waals surface area contributed by atoms with Gasteiger partial charge in [-0.25, -0.2) is 4.79 Å².